The van der Waals surface area contributed by atoms with Crippen molar-refractivity contribution >= 4 is 68.0 Å². The Morgan fingerprint density at radius 2 is 1.29 bits per heavy atom. The molecule has 0 N–H and O–H groups in total. The monoisotopic (exact) mass is 482 g/mol. The second kappa shape index (κ2) is 7.05. The minimum atomic E-state index is -5.39. The predicted molar refractivity (Wildman–Crippen MR) is 68.6 cm³/mol. The Balaban J connectivity index is 0. The molecule has 0 saturated heterocycles. The van der Waals surface area contributed by atoms with E-state index in [2.05, 4.69) is 3.87 Å². The van der Waals surface area contributed by atoms with Gasteiger partial charge in [-0.1, -0.05) is 0 Å². The van der Waals surface area contributed by atoms with Crippen LogP contribution in [-0.4, -0.2) is 36.1 Å². The van der Waals surface area contributed by atoms with Crippen LogP contribution in [0.25, 0.3) is 0 Å². The first kappa shape index (κ1) is 21.2. The maximum absolute atomic E-state index is 11.7. The Bertz CT molecular complexity index is 329. The summed E-state index contributed by atoms with van der Waals surface area (Å²) in [6.07, 6.45) is 0. The average molecular weight is 483 g/mol. The van der Waals surface area contributed by atoms with Gasteiger partial charge in [-0.05, 0) is 19.6 Å². The molecule has 17 heavy (non-hydrogen) atoms. The molecule has 0 bridgehead atoms. The van der Waals surface area contributed by atoms with E-state index in [1.807, 2.05) is 0 Å². The molecule has 0 aromatic rings. The fourth-order valence-electron chi connectivity index (χ4n) is 0.376. The molecule has 0 rings (SSSR count). The second-order valence-electron chi connectivity index (χ2n) is 3.52. The zero-order valence-electron chi connectivity index (χ0n) is 8.78. The van der Waals surface area contributed by atoms with E-state index in [0.29, 0.717) is 0 Å². The second-order valence-corrected chi connectivity index (χ2v) is 35.2. The van der Waals surface area contributed by atoms with Crippen LogP contribution in [0.1, 0.15) is 0 Å². The Kier molecular flexibility index (Phi) is 8.78. The summed E-state index contributed by atoms with van der Waals surface area (Å²) in [6, 6.07) is 0. The van der Waals surface area contributed by atoms with Gasteiger partial charge in [0.2, 0.25) is 8.32 Å². The molecule has 106 valence electrons. The molecule has 0 unspecified atom stereocenters. The SMILES string of the molecule is C[Si](C)(C)OS(=O)(=O)C(F)(F)F.[Cl][Sn]([Cl])([Cl])[Cl]. The van der Waals surface area contributed by atoms with Crippen LogP contribution in [-0.2, 0) is 14.0 Å². The van der Waals surface area contributed by atoms with Crippen LogP contribution in [0, 0.1) is 0 Å². The van der Waals surface area contributed by atoms with Crippen molar-refractivity contribution in [3.8, 4) is 0 Å². The van der Waals surface area contributed by atoms with Crippen LogP contribution in [0.3, 0.4) is 0 Å². The summed E-state index contributed by atoms with van der Waals surface area (Å²) in [5.74, 6) is 0. The number of alkyl halides is 3. The molecule has 13 heteroatoms. The predicted octanol–water partition coefficient (Wildman–Crippen LogP) is 4.06. The standard InChI is InChI=1S/C4H9F3O3SSi.4ClH.Sn/c1-12(2,3)10-11(8,9)4(5,6)7;;;;;/h1-3H3;4*1H;/q;;;;;+4/p-4. The molecule has 0 saturated carbocycles. The zero-order chi connectivity index (χ0) is 14.7. The third-order valence-electron chi connectivity index (χ3n) is 0.643. The van der Waals surface area contributed by atoms with Crippen LogP contribution in [0.4, 0.5) is 13.2 Å². The van der Waals surface area contributed by atoms with E-state index in [1.165, 1.54) is 19.6 Å². The zero-order valence-corrected chi connectivity index (χ0v) is 16.5. The van der Waals surface area contributed by atoms with Crippen molar-refractivity contribution in [2.24, 2.45) is 0 Å². The van der Waals surface area contributed by atoms with Crippen LogP contribution in [0.15, 0.2) is 0 Å². The van der Waals surface area contributed by atoms with Crippen molar-refractivity contribution in [1.29, 1.82) is 0 Å². The van der Waals surface area contributed by atoms with Gasteiger partial charge in [0.25, 0.3) is 0 Å². The van der Waals surface area contributed by atoms with E-state index in [9.17, 15) is 21.6 Å². The Labute approximate surface area is 117 Å². The molecule has 0 amide bonds. The fraction of sp³-hybridized carbons (Fsp3) is 1.00. The van der Waals surface area contributed by atoms with Crippen molar-refractivity contribution in [2.45, 2.75) is 25.1 Å². The van der Waals surface area contributed by atoms with E-state index in [0.717, 1.165) is 0 Å². The van der Waals surface area contributed by atoms with Gasteiger partial charge >= 0.3 is 65.2 Å². The molecular formula is C4H9Cl4F3O3SSiSn. The molecule has 0 fully saturated rings. The summed E-state index contributed by atoms with van der Waals surface area (Å²) >= 11 is -3.29. The first-order valence-electron chi connectivity index (χ1n) is 3.73. The topological polar surface area (TPSA) is 43.4 Å². The molecule has 0 radical (unpaired) electrons. The number of hydrogen-bond acceptors (Lipinski definition) is 3. The van der Waals surface area contributed by atoms with Crippen molar-refractivity contribution in [1.82, 2.24) is 0 Å². The van der Waals surface area contributed by atoms with Gasteiger partial charge in [-0.3, -0.25) is 0 Å². The van der Waals surface area contributed by atoms with Crippen molar-refractivity contribution in [3.63, 3.8) is 0 Å². The van der Waals surface area contributed by atoms with Gasteiger partial charge in [-0.15, -0.1) is 0 Å². The molecule has 0 aliphatic carbocycles. The quantitative estimate of drug-likeness (QED) is 0.440. The van der Waals surface area contributed by atoms with Gasteiger partial charge in [-0.2, -0.15) is 21.6 Å². The first-order chi connectivity index (χ1) is 6.96. The normalized spacial score (nSPS) is 14.0. The molecule has 0 aliphatic heterocycles. The summed E-state index contributed by atoms with van der Waals surface area (Å²) in [5.41, 5.74) is -5.31. The maximum atomic E-state index is 11.7. The van der Waals surface area contributed by atoms with Crippen LogP contribution < -0.4 is 0 Å². The summed E-state index contributed by atoms with van der Waals surface area (Å²) in [7, 11) is 12.0. The number of halogens is 7. The Morgan fingerprint density at radius 1 is 1.06 bits per heavy atom. The van der Waals surface area contributed by atoms with Gasteiger partial charge in [0.05, 0.1) is 0 Å². The van der Waals surface area contributed by atoms with Gasteiger partial charge in [-0.25, -0.2) is 0 Å². The molecule has 0 spiro atoms. The van der Waals surface area contributed by atoms with E-state index < -0.39 is 37.8 Å². The van der Waals surface area contributed by atoms with E-state index in [1.54, 1.807) is 0 Å². The number of rotatable bonds is 2. The molecule has 0 aliphatic rings. The van der Waals surface area contributed by atoms with Gasteiger partial charge < -0.3 is 3.87 Å². The third-order valence-corrected chi connectivity index (χ3v) is 4.09. The van der Waals surface area contributed by atoms with E-state index >= 15 is 0 Å². The molecule has 0 aromatic heterocycles. The first-order valence-corrected chi connectivity index (χ1v) is 23.0. The molecule has 0 atom stereocenters. The van der Waals surface area contributed by atoms with E-state index in [-0.39, 0.29) is 0 Å². The minimum absolute atomic E-state index is 1.36. The summed E-state index contributed by atoms with van der Waals surface area (Å²) in [5, 5.41) is 0. The molecule has 3 nitrogen and oxygen atoms in total. The van der Waals surface area contributed by atoms with Crippen molar-refractivity contribution in [3.05, 3.63) is 0 Å². The van der Waals surface area contributed by atoms with Gasteiger partial charge in [0.15, 0.2) is 0 Å². The van der Waals surface area contributed by atoms with E-state index in [4.69, 9.17) is 35.7 Å². The van der Waals surface area contributed by atoms with Crippen molar-refractivity contribution < 1.29 is 25.5 Å². The fourth-order valence-corrected chi connectivity index (χ4v) is 3.39. The van der Waals surface area contributed by atoms with Crippen LogP contribution in [0.5, 0.6) is 0 Å². The summed E-state index contributed by atoms with van der Waals surface area (Å²) in [6.45, 7) is 4.07. The summed E-state index contributed by atoms with van der Waals surface area (Å²) < 4.78 is 59.7. The molecular weight excluding hydrogens is 474 g/mol. The molecule has 0 aromatic carbocycles. The van der Waals surface area contributed by atoms with Crippen LogP contribution in [0.2, 0.25) is 19.6 Å². The summed E-state index contributed by atoms with van der Waals surface area (Å²) in [4.78, 5) is 0. The Hall–Kier alpha value is 1.88. The third kappa shape index (κ3) is 15.8. The van der Waals surface area contributed by atoms with Gasteiger partial charge in [0, 0.05) is 0 Å². The van der Waals surface area contributed by atoms with Crippen molar-refractivity contribution in [2.75, 3.05) is 0 Å². The number of hydrogen-bond donors (Lipinski definition) is 0. The molecule has 0 heterocycles. The Morgan fingerprint density at radius 3 is 1.35 bits per heavy atom. The average Bonchev–Trinajstić information content (AvgIpc) is 1.71. The van der Waals surface area contributed by atoms with Crippen LogP contribution >= 0.6 is 35.7 Å². The van der Waals surface area contributed by atoms with Gasteiger partial charge in [0.1, 0.15) is 0 Å².